The highest BCUT2D eigenvalue weighted by atomic mass is 19.4. The van der Waals surface area contributed by atoms with Crippen molar-refractivity contribution in [2.24, 2.45) is 0 Å². The Balaban J connectivity index is 1.79. The van der Waals surface area contributed by atoms with Gasteiger partial charge in [-0.3, -0.25) is 4.79 Å². The number of amides is 1. The summed E-state index contributed by atoms with van der Waals surface area (Å²) in [5, 5.41) is 16.9. The van der Waals surface area contributed by atoms with E-state index in [1.807, 2.05) is 5.32 Å². The van der Waals surface area contributed by atoms with E-state index in [1.54, 1.807) is 65.5 Å². The maximum absolute atomic E-state index is 13.3. The van der Waals surface area contributed by atoms with Crippen molar-refractivity contribution in [3.63, 3.8) is 0 Å². The number of carbonyl (C=O) groups is 1. The molecule has 1 heterocycles. The molecule has 0 fully saturated rings. The molecule has 0 spiro atoms. The largest absolute Gasteiger partial charge is 0.497 e. The van der Waals surface area contributed by atoms with Crippen LogP contribution >= 0.6 is 0 Å². The second-order valence-electron chi connectivity index (χ2n) is 7.87. The summed E-state index contributed by atoms with van der Waals surface area (Å²) in [7, 11) is 1.46. The lowest BCUT2D eigenvalue weighted by molar-refractivity contribution is -0.174. The zero-order valence-electron chi connectivity index (χ0n) is 18.5. The minimum atomic E-state index is -5.10. The Morgan fingerprint density at radius 2 is 1.80 bits per heavy atom. The number of nitrogens with zero attached hydrogens (tertiary/aromatic N) is 2. The molecule has 10 heteroatoms. The molecule has 3 aromatic carbocycles. The molecule has 2 N–H and O–H groups in total. The molecular weight excluding hydrogens is 466 g/mol. The molecule has 2 atom stereocenters. The first-order chi connectivity index (χ1) is 16.7. The summed E-state index contributed by atoms with van der Waals surface area (Å²) in [5.74, 6) is -2.89. The lowest BCUT2D eigenvalue weighted by Gasteiger charge is -2.28. The van der Waals surface area contributed by atoms with E-state index < -0.39 is 30.7 Å². The van der Waals surface area contributed by atoms with Gasteiger partial charge in [-0.1, -0.05) is 18.2 Å². The van der Waals surface area contributed by atoms with Crippen LogP contribution in [0.4, 0.5) is 17.6 Å². The number of nitrogens with one attached hydrogen (secondary N) is 1. The minimum absolute atomic E-state index is 0.385. The highest BCUT2D eigenvalue weighted by Gasteiger charge is 2.41. The number of rotatable bonds is 7. The molecule has 0 radical (unpaired) electrons. The van der Waals surface area contributed by atoms with Gasteiger partial charge < -0.3 is 15.2 Å². The Morgan fingerprint density at radius 3 is 2.46 bits per heavy atom. The van der Waals surface area contributed by atoms with Gasteiger partial charge >= 0.3 is 12.1 Å². The van der Waals surface area contributed by atoms with Gasteiger partial charge in [-0.15, -0.1) is 0 Å². The number of aromatic nitrogens is 2. The summed E-state index contributed by atoms with van der Waals surface area (Å²) >= 11 is 0. The average Bonchev–Trinajstić information content (AvgIpc) is 3.27. The lowest BCUT2D eigenvalue weighted by Crippen LogP contribution is -2.47. The molecular formula is C25H21F4N3O3. The molecule has 0 saturated heterocycles. The topological polar surface area (TPSA) is 76.4 Å². The van der Waals surface area contributed by atoms with Gasteiger partial charge in [0.25, 0.3) is 0 Å². The van der Waals surface area contributed by atoms with Crippen molar-refractivity contribution in [3.8, 4) is 11.4 Å². The van der Waals surface area contributed by atoms with Gasteiger partial charge in [-0.05, 0) is 59.7 Å². The third kappa shape index (κ3) is 5.12. The first-order valence-electron chi connectivity index (χ1n) is 10.6. The summed E-state index contributed by atoms with van der Waals surface area (Å²) in [6.45, 7) is -0.740. The van der Waals surface area contributed by atoms with Crippen molar-refractivity contribution in [1.82, 2.24) is 15.1 Å². The Hall–Kier alpha value is -3.92. The van der Waals surface area contributed by atoms with Crippen LogP contribution in [-0.2, 0) is 4.79 Å². The zero-order valence-corrected chi connectivity index (χ0v) is 18.5. The Labute approximate surface area is 197 Å². The van der Waals surface area contributed by atoms with E-state index >= 15 is 0 Å². The average molecular weight is 487 g/mol. The fourth-order valence-electron chi connectivity index (χ4n) is 4.01. The van der Waals surface area contributed by atoms with Gasteiger partial charge in [-0.25, -0.2) is 9.07 Å². The number of fused-ring (bicyclic) bond motifs is 1. The number of carbonyl (C=O) groups excluding carboxylic acids is 1. The molecule has 4 rings (SSSR count). The number of hydrogen-bond donors (Lipinski definition) is 2. The SMILES string of the molecule is COc1cccc(C(c2ccc3c(cnn3-c3ccc(F)cc3)c2)C(CO)NC(=O)C(F)(F)F)c1. The minimum Gasteiger partial charge on any atom is -0.497 e. The van der Waals surface area contributed by atoms with E-state index in [4.69, 9.17) is 4.74 Å². The van der Waals surface area contributed by atoms with E-state index in [0.29, 0.717) is 33.5 Å². The number of methoxy groups -OCH3 is 1. The van der Waals surface area contributed by atoms with Crippen LogP contribution in [0.25, 0.3) is 16.6 Å². The van der Waals surface area contributed by atoms with Crippen LogP contribution in [0.1, 0.15) is 17.0 Å². The quantitative estimate of drug-likeness (QED) is 0.380. The van der Waals surface area contributed by atoms with Crippen molar-refractivity contribution < 1.29 is 32.2 Å². The Kier molecular flexibility index (Phi) is 6.74. The number of hydrogen-bond acceptors (Lipinski definition) is 4. The number of benzene rings is 3. The van der Waals surface area contributed by atoms with Crippen molar-refractivity contribution in [2.45, 2.75) is 18.1 Å². The van der Waals surface area contributed by atoms with Crippen LogP contribution in [0.3, 0.4) is 0 Å². The lowest BCUT2D eigenvalue weighted by atomic mass is 9.84. The Bertz CT molecular complexity index is 1340. The monoisotopic (exact) mass is 487 g/mol. The van der Waals surface area contributed by atoms with Crippen LogP contribution in [0.5, 0.6) is 5.75 Å². The highest BCUT2D eigenvalue weighted by Crippen LogP contribution is 2.33. The smallest absolute Gasteiger partial charge is 0.471 e. The number of aliphatic hydroxyl groups excluding tert-OH is 1. The molecule has 0 aliphatic carbocycles. The fourth-order valence-corrected chi connectivity index (χ4v) is 4.01. The van der Waals surface area contributed by atoms with Crippen LogP contribution in [-0.4, -0.2) is 46.7 Å². The van der Waals surface area contributed by atoms with E-state index in [0.717, 1.165) is 0 Å². The molecule has 2 unspecified atom stereocenters. The second kappa shape index (κ2) is 9.75. The second-order valence-corrected chi connectivity index (χ2v) is 7.87. The zero-order chi connectivity index (χ0) is 25.2. The summed E-state index contributed by atoms with van der Waals surface area (Å²) in [6, 6.07) is 16.3. The number of aliphatic hydroxyl groups is 1. The maximum atomic E-state index is 13.3. The van der Waals surface area contributed by atoms with Gasteiger partial charge in [0, 0.05) is 11.3 Å². The summed E-state index contributed by atoms with van der Waals surface area (Å²) in [6.07, 6.45) is -3.53. The third-order valence-electron chi connectivity index (χ3n) is 5.65. The summed E-state index contributed by atoms with van der Waals surface area (Å²) in [4.78, 5) is 11.7. The molecule has 35 heavy (non-hydrogen) atoms. The molecule has 4 aromatic rings. The molecule has 0 saturated carbocycles. The normalized spacial score (nSPS) is 13.4. The molecule has 1 aromatic heterocycles. The molecule has 0 aliphatic heterocycles. The van der Waals surface area contributed by atoms with Crippen LogP contribution in [0, 0.1) is 5.82 Å². The van der Waals surface area contributed by atoms with Gasteiger partial charge in [0.15, 0.2) is 0 Å². The van der Waals surface area contributed by atoms with Gasteiger partial charge in [0.2, 0.25) is 0 Å². The first kappa shape index (κ1) is 24.2. The van der Waals surface area contributed by atoms with E-state index in [-0.39, 0.29) is 5.82 Å². The van der Waals surface area contributed by atoms with E-state index in [1.165, 1.54) is 19.2 Å². The maximum Gasteiger partial charge on any atom is 0.471 e. The third-order valence-corrected chi connectivity index (χ3v) is 5.65. The molecule has 0 aliphatic rings. The predicted molar refractivity (Wildman–Crippen MR) is 121 cm³/mol. The van der Waals surface area contributed by atoms with Crippen molar-refractivity contribution >= 4 is 16.8 Å². The predicted octanol–water partition coefficient (Wildman–Crippen LogP) is 4.34. The number of alkyl halides is 3. The van der Waals surface area contributed by atoms with Crippen LogP contribution < -0.4 is 10.1 Å². The van der Waals surface area contributed by atoms with Crippen molar-refractivity contribution in [3.05, 3.63) is 89.9 Å². The first-order valence-corrected chi connectivity index (χ1v) is 10.6. The Morgan fingerprint density at radius 1 is 1.09 bits per heavy atom. The standard InChI is InChI=1S/C25H21F4N3O3/c1-35-20-4-2-3-15(12-20)23(21(14-33)31-24(34)25(27,28)29)16-5-10-22-17(11-16)13-30-32(22)19-8-6-18(26)7-9-19/h2-13,21,23,33H,14H2,1H3,(H,31,34). The number of halogens is 4. The molecule has 6 nitrogen and oxygen atoms in total. The van der Waals surface area contributed by atoms with Crippen molar-refractivity contribution in [1.29, 1.82) is 0 Å². The molecule has 1 amide bonds. The molecule has 182 valence electrons. The number of ether oxygens (including phenoxy) is 1. The van der Waals surface area contributed by atoms with Crippen LogP contribution in [0.15, 0.2) is 72.9 Å². The van der Waals surface area contributed by atoms with Gasteiger partial charge in [-0.2, -0.15) is 18.3 Å². The van der Waals surface area contributed by atoms with E-state index in [2.05, 4.69) is 5.10 Å². The van der Waals surface area contributed by atoms with Crippen molar-refractivity contribution in [2.75, 3.05) is 13.7 Å². The summed E-state index contributed by atoms with van der Waals surface area (Å²) in [5.41, 5.74) is 2.40. The molecule has 0 bridgehead atoms. The van der Waals surface area contributed by atoms with Gasteiger partial charge in [0.05, 0.1) is 37.2 Å². The van der Waals surface area contributed by atoms with Crippen LogP contribution in [0.2, 0.25) is 0 Å². The van der Waals surface area contributed by atoms with Gasteiger partial charge in [0.1, 0.15) is 11.6 Å². The summed E-state index contributed by atoms with van der Waals surface area (Å²) < 4.78 is 59.1. The fraction of sp³-hybridized carbons (Fsp3) is 0.200. The highest BCUT2D eigenvalue weighted by molar-refractivity contribution is 5.83. The van der Waals surface area contributed by atoms with E-state index in [9.17, 15) is 27.5 Å².